The zero-order valence-corrected chi connectivity index (χ0v) is 21.5. The van der Waals surface area contributed by atoms with Gasteiger partial charge in [-0.05, 0) is 62.3 Å². The van der Waals surface area contributed by atoms with Crippen LogP contribution in [0.15, 0.2) is 48.7 Å². The number of hydrogen-bond acceptors (Lipinski definition) is 6. The molecule has 8 heteroatoms. The van der Waals surface area contributed by atoms with E-state index in [-0.39, 0.29) is 11.4 Å². The van der Waals surface area contributed by atoms with Crippen molar-refractivity contribution in [3.05, 3.63) is 48.7 Å². The number of anilines is 1. The van der Waals surface area contributed by atoms with E-state index < -0.39 is 0 Å². The standard InChI is InChI=1S/C27H36N4O4/c1-27(2,3)12-14-29-26(32)30-19-7-9-20(10-8-19)35-23-11-13-28-22-18-24(33-6)25(17-21(22)23)34-16-15-31(4)5/h7-11,13,17-18H,12,14-16H2,1-6H3,(H2,29,30,32). The highest BCUT2D eigenvalue weighted by Gasteiger charge is 2.13. The van der Waals surface area contributed by atoms with Crippen LogP contribution < -0.4 is 24.8 Å². The van der Waals surface area contributed by atoms with Crippen molar-refractivity contribution >= 4 is 22.6 Å². The number of aromatic nitrogens is 1. The van der Waals surface area contributed by atoms with Crippen molar-refractivity contribution in [2.24, 2.45) is 5.41 Å². The first-order valence-electron chi connectivity index (χ1n) is 11.7. The lowest BCUT2D eigenvalue weighted by Gasteiger charge is -2.18. The van der Waals surface area contributed by atoms with Gasteiger partial charge in [0.15, 0.2) is 11.5 Å². The molecule has 2 N–H and O–H groups in total. The van der Waals surface area contributed by atoms with Gasteiger partial charge in [0.25, 0.3) is 0 Å². The third kappa shape index (κ3) is 8.03. The molecule has 0 aliphatic heterocycles. The Balaban J connectivity index is 1.70. The van der Waals surface area contributed by atoms with Gasteiger partial charge in [0.05, 0.1) is 12.6 Å². The van der Waals surface area contributed by atoms with E-state index in [9.17, 15) is 4.79 Å². The number of rotatable bonds is 10. The lowest BCUT2D eigenvalue weighted by atomic mass is 9.92. The Hall–Kier alpha value is -3.52. The minimum absolute atomic E-state index is 0.174. The van der Waals surface area contributed by atoms with Crippen LogP contribution >= 0.6 is 0 Å². The van der Waals surface area contributed by atoms with Crippen LogP contribution in [0.1, 0.15) is 27.2 Å². The zero-order chi connectivity index (χ0) is 25.4. The topological polar surface area (TPSA) is 85.0 Å². The first-order valence-corrected chi connectivity index (χ1v) is 11.7. The van der Waals surface area contributed by atoms with Gasteiger partial charge in [-0.3, -0.25) is 4.98 Å². The van der Waals surface area contributed by atoms with Crippen molar-refractivity contribution in [2.75, 3.05) is 46.2 Å². The number of methoxy groups -OCH3 is 1. The van der Waals surface area contributed by atoms with Crippen molar-refractivity contribution < 1.29 is 19.0 Å². The predicted octanol–water partition coefficient (Wildman–Crippen LogP) is 5.53. The van der Waals surface area contributed by atoms with Crippen LogP contribution in [0.2, 0.25) is 0 Å². The second kappa shape index (κ2) is 11.8. The molecular weight excluding hydrogens is 444 g/mol. The van der Waals surface area contributed by atoms with E-state index in [0.717, 1.165) is 23.9 Å². The number of nitrogens with zero attached hydrogens (tertiary/aromatic N) is 2. The van der Waals surface area contributed by atoms with Crippen molar-refractivity contribution in [1.29, 1.82) is 0 Å². The number of benzene rings is 2. The summed E-state index contributed by atoms with van der Waals surface area (Å²) in [5.74, 6) is 2.55. The highest BCUT2D eigenvalue weighted by molar-refractivity contribution is 5.89. The van der Waals surface area contributed by atoms with Crippen LogP contribution in [-0.2, 0) is 0 Å². The molecule has 0 atom stereocenters. The maximum absolute atomic E-state index is 12.1. The van der Waals surface area contributed by atoms with Crippen LogP contribution in [0, 0.1) is 5.41 Å². The van der Waals surface area contributed by atoms with Gasteiger partial charge in [0.1, 0.15) is 18.1 Å². The summed E-state index contributed by atoms with van der Waals surface area (Å²) >= 11 is 0. The van der Waals surface area contributed by atoms with Gasteiger partial charge in [0.2, 0.25) is 0 Å². The van der Waals surface area contributed by atoms with Gasteiger partial charge in [-0.2, -0.15) is 0 Å². The summed E-state index contributed by atoms with van der Waals surface area (Å²) in [7, 11) is 5.61. The number of fused-ring (bicyclic) bond motifs is 1. The van der Waals surface area contributed by atoms with Crippen molar-refractivity contribution in [1.82, 2.24) is 15.2 Å². The highest BCUT2D eigenvalue weighted by atomic mass is 16.5. The third-order valence-corrected chi connectivity index (χ3v) is 5.28. The average Bonchev–Trinajstić information content (AvgIpc) is 2.79. The van der Waals surface area contributed by atoms with Crippen LogP contribution in [0.3, 0.4) is 0 Å². The molecule has 0 radical (unpaired) electrons. The number of amides is 2. The Morgan fingerprint density at radius 1 is 1.03 bits per heavy atom. The summed E-state index contributed by atoms with van der Waals surface area (Å²) in [5.41, 5.74) is 1.60. The Morgan fingerprint density at radius 3 is 2.43 bits per heavy atom. The van der Waals surface area contributed by atoms with E-state index in [1.165, 1.54) is 0 Å². The fraction of sp³-hybridized carbons (Fsp3) is 0.407. The molecule has 0 bridgehead atoms. The van der Waals surface area contributed by atoms with Gasteiger partial charge in [-0.1, -0.05) is 20.8 Å². The number of carbonyl (C=O) groups excluding carboxylic acids is 1. The molecule has 0 unspecified atom stereocenters. The molecule has 0 saturated carbocycles. The van der Waals surface area contributed by atoms with E-state index in [1.54, 1.807) is 25.4 Å². The maximum atomic E-state index is 12.1. The molecule has 0 spiro atoms. The van der Waals surface area contributed by atoms with Crippen LogP contribution in [0.5, 0.6) is 23.0 Å². The van der Waals surface area contributed by atoms with E-state index in [0.29, 0.717) is 41.8 Å². The van der Waals surface area contributed by atoms with Gasteiger partial charge in [0, 0.05) is 36.4 Å². The first-order chi connectivity index (χ1) is 16.6. The molecule has 1 heterocycles. The average molecular weight is 481 g/mol. The molecule has 3 rings (SSSR count). The van der Waals surface area contributed by atoms with Crippen molar-refractivity contribution in [3.63, 3.8) is 0 Å². The van der Waals surface area contributed by atoms with E-state index in [1.807, 2.05) is 44.4 Å². The molecule has 2 amide bonds. The molecule has 1 aromatic heterocycles. The maximum Gasteiger partial charge on any atom is 0.319 e. The second-order valence-corrected chi connectivity index (χ2v) is 9.80. The molecule has 0 saturated heterocycles. The van der Waals surface area contributed by atoms with Gasteiger partial charge < -0.3 is 29.7 Å². The number of likely N-dealkylation sites (N-methyl/N-ethyl adjacent to an activating group) is 1. The normalized spacial score (nSPS) is 11.4. The fourth-order valence-electron chi connectivity index (χ4n) is 3.29. The SMILES string of the molecule is COc1cc2nccc(Oc3ccc(NC(=O)NCCC(C)(C)C)cc3)c2cc1OCCN(C)C. The number of carbonyl (C=O) groups is 1. The third-order valence-electron chi connectivity index (χ3n) is 5.28. The van der Waals surface area contributed by atoms with Crippen molar-refractivity contribution in [3.8, 4) is 23.0 Å². The van der Waals surface area contributed by atoms with E-state index >= 15 is 0 Å². The number of urea groups is 1. The lowest BCUT2D eigenvalue weighted by Crippen LogP contribution is -2.31. The quantitative estimate of drug-likeness (QED) is 0.397. The van der Waals surface area contributed by atoms with Gasteiger partial charge in [-0.25, -0.2) is 4.79 Å². The summed E-state index contributed by atoms with van der Waals surface area (Å²) in [5, 5.41) is 6.54. The van der Waals surface area contributed by atoms with Crippen molar-refractivity contribution in [2.45, 2.75) is 27.2 Å². The number of nitrogens with one attached hydrogen (secondary N) is 2. The van der Waals surface area contributed by atoms with Crippen LogP contribution in [0.4, 0.5) is 10.5 Å². The Morgan fingerprint density at radius 2 is 1.77 bits per heavy atom. The number of pyridine rings is 1. The summed E-state index contributed by atoms with van der Waals surface area (Å²) in [6, 6.07) is 12.6. The minimum atomic E-state index is -0.223. The van der Waals surface area contributed by atoms with Gasteiger partial charge >= 0.3 is 6.03 Å². The lowest BCUT2D eigenvalue weighted by molar-refractivity contribution is 0.250. The van der Waals surface area contributed by atoms with E-state index in [4.69, 9.17) is 14.2 Å². The molecule has 0 aliphatic carbocycles. The molecule has 0 aliphatic rings. The largest absolute Gasteiger partial charge is 0.493 e. The van der Waals surface area contributed by atoms with Crippen LogP contribution in [0.25, 0.3) is 10.9 Å². The monoisotopic (exact) mass is 480 g/mol. The fourth-order valence-corrected chi connectivity index (χ4v) is 3.29. The summed E-state index contributed by atoms with van der Waals surface area (Å²) < 4.78 is 17.6. The number of hydrogen-bond donors (Lipinski definition) is 2. The Labute approximate surface area is 207 Å². The molecular formula is C27H36N4O4. The Bertz CT molecular complexity index is 1120. The molecule has 2 aromatic carbocycles. The molecule has 35 heavy (non-hydrogen) atoms. The highest BCUT2D eigenvalue weighted by Crippen LogP contribution is 2.37. The minimum Gasteiger partial charge on any atom is -0.493 e. The summed E-state index contributed by atoms with van der Waals surface area (Å²) in [4.78, 5) is 18.6. The molecule has 188 valence electrons. The predicted molar refractivity (Wildman–Crippen MR) is 140 cm³/mol. The molecule has 0 fully saturated rings. The Kier molecular flexibility index (Phi) is 8.76. The molecule has 8 nitrogen and oxygen atoms in total. The second-order valence-electron chi connectivity index (χ2n) is 9.80. The smallest absolute Gasteiger partial charge is 0.319 e. The summed E-state index contributed by atoms with van der Waals surface area (Å²) in [6.45, 7) is 8.37. The summed E-state index contributed by atoms with van der Waals surface area (Å²) in [6.07, 6.45) is 2.60. The number of ether oxygens (including phenoxy) is 3. The molecule has 3 aromatic rings. The first kappa shape index (κ1) is 26.1. The van der Waals surface area contributed by atoms with Gasteiger partial charge in [-0.15, -0.1) is 0 Å². The zero-order valence-electron chi connectivity index (χ0n) is 21.5. The van der Waals surface area contributed by atoms with Crippen LogP contribution in [-0.4, -0.2) is 56.8 Å². The van der Waals surface area contributed by atoms with E-state index in [2.05, 4.69) is 41.3 Å².